The molecule has 0 N–H and O–H groups in total. The Kier molecular flexibility index (Phi) is 4.56. The molecule has 0 unspecified atom stereocenters. The van der Waals surface area contributed by atoms with Crippen LogP contribution in [0.1, 0.15) is 46.9 Å². The third-order valence-corrected chi connectivity index (χ3v) is 6.56. The first-order valence-corrected chi connectivity index (χ1v) is 11.4. The van der Waals surface area contributed by atoms with Crippen molar-refractivity contribution in [2.24, 2.45) is 0 Å². The largest absolute Gasteiger partial charge is 0.340 e. The maximum atomic E-state index is 13.1. The van der Waals surface area contributed by atoms with Gasteiger partial charge in [-0.3, -0.25) is 4.79 Å². The highest BCUT2D eigenvalue weighted by atomic mass is 16.2. The Hall–Kier alpha value is -3.48. The van der Waals surface area contributed by atoms with Crippen molar-refractivity contribution in [1.29, 1.82) is 0 Å². The van der Waals surface area contributed by atoms with Crippen molar-refractivity contribution < 1.29 is 4.79 Å². The molecule has 1 aliphatic carbocycles. The molecule has 1 amide bonds. The normalized spacial score (nSPS) is 17.2. The van der Waals surface area contributed by atoms with Gasteiger partial charge in [-0.05, 0) is 50.5 Å². The highest BCUT2D eigenvalue weighted by Gasteiger charge is 2.32. The Morgan fingerprint density at radius 1 is 0.938 bits per heavy atom. The number of aryl methyl sites for hydroxylation is 1. The molecule has 2 aliphatic rings. The van der Waals surface area contributed by atoms with E-state index in [1.807, 2.05) is 54.3 Å². The minimum absolute atomic E-state index is 0.103. The summed E-state index contributed by atoms with van der Waals surface area (Å²) in [7, 11) is 0. The number of aromatic nitrogens is 4. The second-order valence-electron chi connectivity index (χ2n) is 8.92. The Morgan fingerprint density at radius 2 is 1.75 bits per heavy atom. The summed E-state index contributed by atoms with van der Waals surface area (Å²) in [4.78, 5) is 22.4. The van der Waals surface area contributed by atoms with E-state index >= 15 is 0 Å². The highest BCUT2D eigenvalue weighted by molar-refractivity contribution is 5.94. The van der Waals surface area contributed by atoms with Gasteiger partial charge in [0.15, 0.2) is 5.65 Å². The first-order valence-electron chi connectivity index (χ1n) is 11.4. The topological polar surface area (TPSA) is 66.6 Å². The molecule has 6 rings (SSSR count). The molecule has 3 heterocycles. The Bertz CT molecular complexity index is 1310. The van der Waals surface area contributed by atoms with Crippen LogP contribution in [-0.2, 0) is 0 Å². The van der Waals surface area contributed by atoms with Gasteiger partial charge < -0.3 is 9.80 Å². The van der Waals surface area contributed by atoms with Gasteiger partial charge in [-0.25, -0.2) is 9.38 Å². The van der Waals surface area contributed by atoms with Gasteiger partial charge >= 0.3 is 0 Å². The number of para-hydroxylation sites is 1. The first kappa shape index (κ1) is 19.2. The predicted molar refractivity (Wildman–Crippen MR) is 124 cm³/mol. The van der Waals surface area contributed by atoms with E-state index in [0.29, 0.717) is 12.5 Å². The Balaban J connectivity index is 1.34. The standard InChI is InChI=1S/C25H26N6O/c1-17-7-9-19(10-8-17)24(32)29-13-4-14-30(16-15-29)25-26-21-6-3-2-5-20(21)23-28-27-22(31(23)25)18-11-12-18/h2-3,5-10,18H,4,11-16H2,1H3. The molecule has 0 atom stereocenters. The minimum atomic E-state index is 0.103. The third kappa shape index (κ3) is 3.28. The second-order valence-corrected chi connectivity index (χ2v) is 8.92. The number of fused-ring (bicyclic) bond motifs is 3. The molecule has 162 valence electrons. The lowest BCUT2D eigenvalue weighted by molar-refractivity contribution is 0.0767. The van der Waals surface area contributed by atoms with Crippen LogP contribution in [0.5, 0.6) is 0 Å². The van der Waals surface area contributed by atoms with Crippen LogP contribution in [0, 0.1) is 6.92 Å². The summed E-state index contributed by atoms with van der Waals surface area (Å²) in [5, 5.41) is 10.1. The van der Waals surface area contributed by atoms with Crippen LogP contribution in [0.4, 0.5) is 5.95 Å². The molecule has 2 fully saturated rings. The number of hydrogen-bond acceptors (Lipinski definition) is 5. The van der Waals surface area contributed by atoms with Gasteiger partial charge in [-0.15, -0.1) is 10.2 Å². The van der Waals surface area contributed by atoms with Gasteiger partial charge in [-0.2, -0.15) is 0 Å². The van der Waals surface area contributed by atoms with Crippen LogP contribution >= 0.6 is 0 Å². The van der Waals surface area contributed by atoms with Crippen LogP contribution in [0.25, 0.3) is 16.6 Å². The minimum Gasteiger partial charge on any atom is -0.340 e. The van der Waals surface area contributed by atoms with E-state index in [0.717, 1.165) is 78.3 Å². The van der Waals surface area contributed by atoms with E-state index in [2.05, 4.69) is 25.6 Å². The van der Waals surface area contributed by atoms with Crippen molar-refractivity contribution in [3.8, 4) is 0 Å². The summed E-state index contributed by atoms with van der Waals surface area (Å²) in [5.74, 6) is 2.49. The van der Waals surface area contributed by atoms with Crippen molar-refractivity contribution >= 4 is 28.4 Å². The number of carbonyl (C=O) groups excluding carboxylic acids is 1. The average Bonchev–Trinajstić information content (AvgIpc) is 3.61. The Labute approximate surface area is 186 Å². The predicted octanol–water partition coefficient (Wildman–Crippen LogP) is 3.82. The van der Waals surface area contributed by atoms with Gasteiger partial charge in [0.05, 0.1) is 5.52 Å². The zero-order chi connectivity index (χ0) is 21.7. The number of hydrogen-bond donors (Lipinski definition) is 0. The molecule has 7 nitrogen and oxygen atoms in total. The zero-order valence-corrected chi connectivity index (χ0v) is 18.2. The number of rotatable bonds is 3. The van der Waals surface area contributed by atoms with Crippen LogP contribution < -0.4 is 4.90 Å². The van der Waals surface area contributed by atoms with Crippen LogP contribution in [-0.4, -0.2) is 56.6 Å². The quantitative estimate of drug-likeness (QED) is 0.498. The average molecular weight is 427 g/mol. The van der Waals surface area contributed by atoms with Gasteiger partial charge in [0.1, 0.15) is 5.82 Å². The van der Waals surface area contributed by atoms with Gasteiger partial charge in [-0.1, -0.05) is 29.8 Å². The first-order chi connectivity index (χ1) is 15.7. The molecule has 0 radical (unpaired) electrons. The van der Waals surface area contributed by atoms with Crippen molar-refractivity contribution in [3.05, 3.63) is 65.5 Å². The van der Waals surface area contributed by atoms with Gasteiger partial charge in [0, 0.05) is 43.0 Å². The molecular formula is C25H26N6O. The fraction of sp³-hybridized carbons (Fsp3) is 0.360. The molecule has 1 saturated heterocycles. The van der Waals surface area contributed by atoms with E-state index in [4.69, 9.17) is 4.98 Å². The van der Waals surface area contributed by atoms with Crippen molar-refractivity contribution in [2.45, 2.75) is 32.1 Å². The van der Waals surface area contributed by atoms with E-state index < -0.39 is 0 Å². The molecule has 2 aromatic heterocycles. The lowest BCUT2D eigenvalue weighted by Crippen LogP contribution is -2.36. The number of carbonyl (C=O) groups is 1. The number of anilines is 1. The maximum Gasteiger partial charge on any atom is 0.253 e. The zero-order valence-electron chi connectivity index (χ0n) is 18.2. The SMILES string of the molecule is Cc1ccc(C(=O)N2CCCN(c3nc4ccccc4c4nnc(C5CC5)n34)CC2)cc1. The fourth-order valence-corrected chi connectivity index (χ4v) is 4.60. The molecular weight excluding hydrogens is 400 g/mol. The second kappa shape index (κ2) is 7.58. The van der Waals surface area contributed by atoms with Gasteiger partial charge in [0.2, 0.25) is 5.95 Å². The molecule has 1 saturated carbocycles. The van der Waals surface area contributed by atoms with E-state index in [-0.39, 0.29) is 5.91 Å². The molecule has 4 aromatic rings. The fourth-order valence-electron chi connectivity index (χ4n) is 4.60. The van der Waals surface area contributed by atoms with Crippen LogP contribution in [0.15, 0.2) is 48.5 Å². The summed E-state index contributed by atoms with van der Waals surface area (Å²) in [5.41, 5.74) is 3.73. The summed E-state index contributed by atoms with van der Waals surface area (Å²) in [6.45, 7) is 5.04. The molecule has 2 aromatic carbocycles. The molecule has 1 aliphatic heterocycles. The van der Waals surface area contributed by atoms with Gasteiger partial charge in [0.25, 0.3) is 5.91 Å². The highest BCUT2D eigenvalue weighted by Crippen LogP contribution is 2.40. The molecule has 0 spiro atoms. The van der Waals surface area contributed by atoms with Crippen molar-refractivity contribution in [2.75, 3.05) is 31.1 Å². The lowest BCUT2D eigenvalue weighted by Gasteiger charge is -2.24. The number of amides is 1. The van der Waals surface area contributed by atoms with Crippen molar-refractivity contribution in [3.63, 3.8) is 0 Å². The molecule has 32 heavy (non-hydrogen) atoms. The van der Waals surface area contributed by atoms with Crippen LogP contribution in [0.2, 0.25) is 0 Å². The molecule has 0 bridgehead atoms. The summed E-state index contributed by atoms with van der Waals surface area (Å²) < 4.78 is 2.16. The van der Waals surface area contributed by atoms with E-state index in [1.54, 1.807) is 0 Å². The van der Waals surface area contributed by atoms with E-state index in [9.17, 15) is 4.79 Å². The summed E-state index contributed by atoms with van der Waals surface area (Å²) in [6.07, 6.45) is 3.21. The van der Waals surface area contributed by atoms with E-state index in [1.165, 1.54) is 0 Å². The van der Waals surface area contributed by atoms with Crippen molar-refractivity contribution in [1.82, 2.24) is 24.5 Å². The number of nitrogens with zero attached hydrogens (tertiary/aromatic N) is 6. The van der Waals surface area contributed by atoms with Crippen LogP contribution in [0.3, 0.4) is 0 Å². The summed E-state index contributed by atoms with van der Waals surface area (Å²) in [6, 6.07) is 16.0. The third-order valence-electron chi connectivity index (χ3n) is 6.56. The smallest absolute Gasteiger partial charge is 0.253 e. The summed E-state index contributed by atoms with van der Waals surface area (Å²) >= 11 is 0. The maximum absolute atomic E-state index is 13.1. The monoisotopic (exact) mass is 426 g/mol. The Morgan fingerprint density at radius 3 is 2.56 bits per heavy atom. The molecule has 7 heteroatoms. The number of benzene rings is 2. The lowest BCUT2D eigenvalue weighted by atomic mass is 10.1.